The molecule has 2 atom stereocenters. The van der Waals surface area contributed by atoms with Crippen molar-refractivity contribution in [2.75, 3.05) is 0 Å². The number of nitrogens with zero attached hydrogens (tertiary/aromatic N) is 1. The summed E-state index contributed by atoms with van der Waals surface area (Å²) in [6, 6.07) is 8.63. The quantitative estimate of drug-likeness (QED) is 0.188. The zero-order valence-corrected chi connectivity index (χ0v) is 16.6. The first-order valence-corrected chi connectivity index (χ1v) is 9.04. The van der Waals surface area contributed by atoms with Gasteiger partial charge in [0, 0.05) is 16.7 Å². The van der Waals surface area contributed by atoms with Gasteiger partial charge in [0.05, 0.1) is 11.7 Å². The van der Waals surface area contributed by atoms with Crippen LogP contribution in [-0.2, 0) is 11.0 Å². The summed E-state index contributed by atoms with van der Waals surface area (Å²) in [5.74, 6) is 14.2. The Labute approximate surface area is 181 Å². The van der Waals surface area contributed by atoms with Crippen LogP contribution in [0, 0.1) is 23.7 Å². The molecule has 7 nitrogen and oxygen atoms in total. The van der Waals surface area contributed by atoms with Gasteiger partial charge in [0.1, 0.15) is 0 Å². The molecule has 0 spiro atoms. The van der Waals surface area contributed by atoms with E-state index in [0.717, 1.165) is 12.1 Å². The molecule has 0 aliphatic heterocycles. The zero-order chi connectivity index (χ0) is 23.9. The molecule has 0 bridgehead atoms. The number of hydroxylamine groups is 1. The van der Waals surface area contributed by atoms with E-state index in [0.29, 0.717) is 16.1 Å². The highest BCUT2D eigenvalue weighted by molar-refractivity contribution is 5.97. The van der Waals surface area contributed by atoms with Crippen LogP contribution < -0.4 is 11.3 Å². The molecular weight excluding hydrogens is 427 g/mol. The van der Waals surface area contributed by atoms with Gasteiger partial charge in [0.2, 0.25) is 0 Å². The number of amides is 2. The van der Waals surface area contributed by atoms with E-state index in [1.807, 2.05) is 0 Å². The van der Waals surface area contributed by atoms with E-state index in [-0.39, 0.29) is 5.56 Å². The Hall–Kier alpha value is -3.83. The average molecular weight is 445 g/mol. The third-order valence-corrected chi connectivity index (χ3v) is 4.19. The maximum Gasteiger partial charge on any atom is 0.416 e. The fraction of sp³-hybridized carbons (Fsp3) is 0.182. The van der Waals surface area contributed by atoms with Crippen LogP contribution in [0.3, 0.4) is 0 Å². The van der Waals surface area contributed by atoms with Crippen LogP contribution in [0.5, 0.6) is 0 Å². The lowest BCUT2D eigenvalue weighted by atomic mass is 10.1. The molecule has 2 rings (SSSR count). The molecule has 0 heterocycles. The summed E-state index contributed by atoms with van der Waals surface area (Å²) >= 11 is 0. The SMILES string of the molecule is C[C@@H](O)[C@@H](C(=O)NO)N(N)C(=O)c1ccc(C#CC#Cc2ccc(C(F)(F)F)cc2)cc1. The molecular formula is C22H18F3N3O4. The van der Waals surface area contributed by atoms with Gasteiger partial charge in [0.15, 0.2) is 6.04 Å². The minimum absolute atomic E-state index is 0.102. The smallest absolute Gasteiger partial charge is 0.391 e. The van der Waals surface area contributed by atoms with Crippen molar-refractivity contribution in [3.63, 3.8) is 0 Å². The first kappa shape index (κ1) is 24.4. The largest absolute Gasteiger partial charge is 0.416 e. The lowest BCUT2D eigenvalue weighted by Crippen LogP contribution is -2.57. The second-order valence-electron chi connectivity index (χ2n) is 6.53. The fourth-order valence-electron chi connectivity index (χ4n) is 2.56. The van der Waals surface area contributed by atoms with Gasteiger partial charge in [-0.3, -0.25) is 19.8 Å². The maximum atomic E-state index is 12.5. The summed E-state index contributed by atoms with van der Waals surface area (Å²) in [7, 11) is 0. The molecule has 0 aliphatic rings. The van der Waals surface area contributed by atoms with Crippen molar-refractivity contribution in [1.82, 2.24) is 10.5 Å². The number of halogens is 3. The number of carbonyl (C=O) groups excluding carboxylic acids is 2. The second-order valence-corrected chi connectivity index (χ2v) is 6.53. The van der Waals surface area contributed by atoms with Crippen LogP contribution in [0.2, 0.25) is 0 Å². The number of alkyl halides is 3. The molecule has 5 N–H and O–H groups in total. The number of nitrogens with one attached hydrogen (secondary N) is 1. The number of nitrogens with two attached hydrogens (primary N) is 1. The van der Waals surface area contributed by atoms with Gasteiger partial charge in [-0.15, -0.1) is 0 Å². The molecule has 2 amide bonds. The molecule has 32 heavy (non-hydrogen) atoms. The first-order valence-electron chi connectivity index (χ1n) is 9.04. The monoisotopic (exact) mass is 445 g/mol. The molecule has 2 aromatic rings. The Bertz CT molecular complexity index is 1090. The van der Waals surface area contributed by atoms with E-state index in [1.165, 1.54) is 48.8 Å². The van der Waals surface area contributed by atoms with Gasteiger partial charge in [0.25, 0.3) is 11.8 Å². The number of hydrazine groups is 1. The maximum absolute atomic E-state index is 12.5. The van der Waals surface area contributed by atoms with Gasteiger partial charge >= 0.3 is 6.18 Å². The molecule has 0 saturated carbocycles. The van der Waals surface area contributed by atoms with Gasteiger partial charge in [-0.1, -0.05) is 11.8 Å². The zero-order valence-electron chi connectivity index (χ0n) is 16.6. The lowest BCUT2D eigenvalue weighted by Gasteiger charge is -2.27. The Morgan fingerprint density at radius 2 is 1.47 bits per heavy atom. The number of aliphatic hydroxyl groups is 1. The summed E-state index contributed by atoms with van der Waals surface area (Å²) < 4.78 is 37.6. The molecule has 0 aliphatic carbocycles. The standard InChI is InChI=1S/C22H18F3N3O4/c1-14(29)19(20(30)27-32)28(26)21(31)17-10-6-15(7-11-17)4-2-3-5-16-8-12-18(13-9-16)22(23,24)25/h6-14,19,29,32H,26H2,1H3,(H,27,30)/t14-,19+/m1/s1. The van der Waals surface area contributed by atoms with Crippen molar-refractivity contribution in [3.8, 4) is 23.7 Å². The van der Waals surface area contributed by atoms with Crippen LogP contribution in [0.4, 0.5) is 13.2 Å². The molecule has 0 saturated heterocycles. The predicted octanol–water partition coefficient (Wildman–Crippen LogP) is 1.68. The van der Waals surface area contributed by atoms with E-state index in [1.54, 1.807) is 0 Å². The minimum Gasteiger partial charge on any atom is -0.391 e. The number of carbonyl (C=O) groups is 2. The molecule has 10 heteroatoms. The topological polar surface area (TPSA) is 116 Å². The van der Waals surface area contributed by atoms with Crippen molar-refractivity contribution in [2.24, 2.45) is 5.84 Å². The normalized spacial score (nSPS) is 12.3. The lowest BCUT2D eigenvalue weighted by molar-refractivity contribution is -0.138. The summed E-state index contributed by atoms with van der Waals surface area (Å²) in [5.41, 5.74) is 1.54. The van der Waals surface area contributed by atoms with Crippen molar-refractivity contribution in [3.05, 3.63) is 70.8 Å². The van der Waals surface area contributed by atoms with E-state index < -0.39 is 35.7 Å². The Morgan fingerprint density at radius 3 is 1.88 bits per heavy atom. The van der Waals surface area contributed by atoms with Gasteiger partial charge in [-0.2, -0.15) is 13.2 Å². The summed E-state index contributed by atoms with van der Waals surface area (Å²) in [6.07, 6.45) is -5.76. The van der Waals surface area contributed by atoms with Crippen LogP contribution in [0.1, 0.15) is 34.0 Å². The number of benzene rings is 2. The Morgan fingerprint density at radius 1 is 1.00 bits per heavy atom. The summed E-state index contributed by atoms with van der Waals surface area (Å²) in [4.78, 5) is 24.0. The number of rotatable bonds is 4. The predicted molar refractivity (Wildman–Crippen MR) is 107 cm³/mol. The number of aliphatic hydroxyl groups excluding tert-OH is 1. The van der Waals surface area contributed by atoms with Crippen LogP contribution in [0.15, 0.2) is 48.5 Å². The first-order chi connectivity index (χ1) is 15.0. The summed E-state index contributed by atoms with van der Waals surface area (Å²) in [6.45, 7) is 1.23. The molecule has 0 radical (unpaired) electrons. The highest BCUT2D eigenvalue weighted by Crippen LogP contribution is 2.28. The van der Waals surface area contributed by atoms with E-state index in [4.69, 9.17) is 11.0 Å². The molecule has 0 fully saturated rings. The van der Waals surface area contributed by atoms with E-state index >= 15 is 0 Å². The van der Waals surface area contributed by atoms with Crippen LogP contribution in [0.25, 0.3) is 0 Å². The fourth-order valence-corrected chi connectivity index (χ4v) is 2.56. The minimum atomic E-state index is -4.41. The van der Waals surface area contributed by atoms with Gasteiger partial charge in [-0.05, 0) is 67.3 Å². The molecule has 0 aromatic heterocycles. The average Bonchev–Trinajstić information content (AvgIpc) is 2.76. The van der Waals surface area contributed by atoms with Crippen LogP contribution >= 0.6 is 0 Å². The second kappa shape index (κ2) is 10.5. The highest BCUT2D eigenvalue weighted by atomic mass is 19.4. The van der Waals surface area contributed by atoms with Crippen molar-refractivity contribution < 1.29 is 33.1 Å². The molecule has 166 valence electrons. The van der Waals surface area contributed by atoms with E-state index in [9.17, 15) is 27.9 Å². The highest BCUT2D eigenvalue weighted by Gasteiger charge is 2.32. The van der Waals surface area contributed by atoms with Crippen molar-refractivity contribution in [1.29, 1.82) is 0 Å². The molecule has 0 unspecified atom stereocenters. The van der Waals surface area contributed by atoms with Crippen molar-refractivity contribution in [2.45, 2.75) is 25.2 Å². The molecule has 2 aromatic carbocycles. The van der Waals surface area contributed by atoms with E-state index in [2.05, 4.69) is 23.7 Å². The van der Waals surface area contributed by atoms with Gasteiger partial charge in [-0.25, -0.2) is 11.3 Å². The Kier molecular flexibility index (Phi) is 7.99. The number of hydrogen-bond donors (Lipinski definition) is 4. The van der Waals surface area contributed by atoms with Crippen molar-refractivity contribution >= 4 is 11.8 Å². The summed E-state index contributed by atoms with van der Waals surface area (Å²) in [5, 5.41) is 18.9. The third-order valence-electron chi connectivity index (χ3n) is 4.19. The number of hydrogen-bond acceptors (Lipinski definition) is 5. The third kappa shape index (κ3) is 6.33. The van der Waals surface area contributed by atoms with Crippen LogP contribution in [-0.4, -0.2) is 39.3 Å². The Balaban J connectivity index is 2.08. The van der Waals surface area contributed by atoms with Gasteiger partial charge < -0.3 is 5.11 Å².